The molecule has 2 aliphatic carbocycles. The highest BCUT2D eigenvalue weighted by Gasteiger charge is 2.59. The van der Waals surface area contributed by atoms with E-state index in [9.17, 15) is 4.79 Å². The van der Waals surface area contributed by atoms with E-state index in [1.165, 1.54) is 0 Å². The Hall–Kier alpha value is -0.570. The van der Waals surface area contributed by atoms with Gasteiger partial charge in [-0.15, -0.1) is 0 Å². The number of aliphatic carboxylic acids is 1. The van der Waals surface area contributed by atoms with Crippen molar-refractivity contribution in [3.05, 3.63) is 0 Å². The Morgan fingerprint density at radius 2 is 1.77 bits per heavy atom. The molecule has 0 aromatic carbocycles. The summed E-state index contributed by atoms with van der Waals surface area (Å²) in [5.41, 5.74) is -0.164. The standard InChI is InChI=1S/C10H17NO2/c1-11(2)10-5-3-9(7-10,4-6-10)8(12)13/h3-7H2,1-2H3,(H,12,13). The van der Waals surface area contributed by atoms with Crippen LogP contribution in [0.2, 0.25) is 0 Å². The molecule has 2 saturated carbocycles. The molecule has 2 bridgehead atoms. The minimum Gasteiger partial charge on any atom is -0.481 e. The summed E-state index contributed by atoms with van der Waals surface area (Å²) >= 11 is 0. The Labute approximate surface area is 78.7 Å². The number of carboxylic acids is 1. The van der Waals surface area contributed by atoms with Crippen molar-refractivity contribution < 1.29 is 9.90 Å². The third-order valence-electron chi connectivity index (χ3n) is 4.21. The number of nitrogens with zero attached hydrogens (tertiary/aromatic N) is 1. The number of hydrogen-bond acceptors (Lipinski definition) is 2. The van der Waals surface area contributed by atoms with Crippen molar-refractivity contribution in [2.75, 3.05) is 14.1 Å². The smallest absolute Gasteiger partial charge is 0.309 e. The monoisotopic (exact) mass is 183 g/mol. The molecule has 2 rings (SSSR count). The fraction of sp³-hybridized carbons (Fsp3) is 0.900. The lowest BCUT2D eigenvalue weighted by Gasteiger charge is -2.34. The van der Waals surface area contributed by atoms with Crippen molar-refractivity contribution in [2.45, 2.75) is 37.6 Å². The molecule has 0 amide bonds. The third kappa shape index (κ3) is 1.03. The summed E-state index contributed by atoms with van der Waals surface area (Å²) in [5, 5.41) is 9.17. The van der Waals surface area contributed by atoms with Crippen molar-refractivity contribution in [3.63, 3.8) is 0 Å². The maximum Gasteiger partial charge on any atom is 0.309 e. The second kappa shape index (κ2) is 2.47. The molecular formula is C10H17NO2. The van der Waals surface area contributed by atoms with E-state index in [-0.39, 0.29) is 11.0 Å². The van der Waals surface area contributed by atoms with Crippen molar-refractivity contribution in [2.24, 2.45) is 5.41 Å². The fourth-order valence-electron chi connectivity index (χ4n) is 3.07. The number of rotatable bonds is 2. The molecule has 0 aliphatic heterocycles. The molecule has 3 heteroatoms. The molecule has 2 fully saturated rings. The van der Waals surface area contributed by atoms with Crippen molar-refractivity contribution in [1.29, 1.82) is 0 Å². The molecule has 0 spiro atoms. The van der Waals surface area contributed by atoms with Gasteiger partial charge in [-0.1, -0.05) is 0 Å². The average Bonchev–Trinajstić information content (AvgIpc) is 2.61. The molecule has 13 heavy (non-hydrogen) atoms. The highest BCUT2D eigenvalue weighted by Crippen LogP contribution is 2.58. The second-order valence-corrected chi connectivity index (χ2v) is 4.88. The summed E-state index contributed by atoms with van der Waals surface area (Å²) in [7, 11) is 4.15. The van der Waals surface area contributed by atoms with Gasteiger partial charge in [0.15, 0.2) is 0 Å². The normalized spacial score (nSPS) is 43.0. The van der Waals surface area contributed by atoms with Crippen LogP contribution >= 0.6 is 0 Å². The summed E-state index contributed by atoms with van der Waals surface area (Å²) in [6.45, 7) is 0. The Bertz CT molecular complexity index is 239. The van der Waals surface area contributed by atoms with Gasteiger partial charge in [0.1, 0.15) is 0 Å². The zero-order valence-electron chi connectivity index (χ0n) is 8.34. The van der Waals surface area contributed by atoms with E-state index in [1.54, 1.807) is 0 Å². The van der Waals surface area contributed by atoms with Gasteiger partial charge >= 0.3 is 5.97 Å². The van der Waals surface area contributed by atoms with E-state index in [0.29, 0.717) is 0 Å². The molecule has 0 radical (unpaired) electrons. The number of hydrogen-bond donors (Lipinski definition) is 1. The quantitative estimate of drug-likeness (QED) is 0.702. The Kier molecular flexibility index (Phi) is 1.71. The molecular weight excluding hydrogens is 166 g/mol. The topological polar surface area (TPSA) is 40.5 Å². The van der Waals surface area contributed by atoms with Gasteiger partial charge in [-0.2, -0.15) is 0 Å². The lowest BCUT2D eigenvalue weighted by Crippen LogP contribution is -2.39. The number of carbonyl (C=O) groups is 1. The van der Waals surface area contributed by atoms with Crippen LogP contribution < -0.4 is 0 Å². The van der Waals surface area contributed by atoms with E-state index in [1.807, 2.05) is 0 Å². The summed E-state index contributed by atoms with van der Waals surface area (Å²) < 4.78 is 0. The first-order chi connectivity index (χ1) is 6.01. The first kappa shape index (κ1) is 9.00. The Morgan fingerprint density at radius 3 is 2.00 bits per heavy atom. The predicted molar refractivity (Wildman–Crippen MR) is 49.6 cm³/mol. The molecule has 0 aromatic rings. The molecule has 0 atom stereocenters. The molecule has 0 heterocycles. The lowest BCUT2D eigenvalue weighted by atomic mass is 9.84. The van der Waals surface area contributed by atoms with Crippen molar-refractivity contribution >= 4 is 5.97 Å². The zero-order valence-corrected chi connectivity index (χ0v) is 8.34. The molecule has 0 unspecified atom stereocenters. The van der Waals surface area contributed by atoms with Crippen LogP contribution in [0.5, 0.6) is 0 Å². The third-order valence-corrected chi connectivity index (χ3v) is 4.21. The largest absolute Gasteiger partial charge is 0.481 e. The second-order valence-electron chi connectivity index (χ2n) is 4.88. The van der Waals surface area contributed by atoms with Crippen molar-refractivity contribution in [1.82, 2.24) is 4.90 Å². The van der Waals surface area contributed by atoms with E-state index in [4.69, 9.17) is 5.11 Å². The Balaban J connectivity index is 2.24. The molecule has 74 valence electrons. The van der Waals surface area contributed by atoms with Crippen LogP contribution in [0.1, 0.15) is 32.1 Å². The molecule has 0 saturated heterocycles. The first-order valence-corrected chi connectivity index (χ1v) is 4.92. The van der Waals surface area contributed by atoms with Crippen LogP contribution in [0.25, 0.3) is 0 Å². The van der Waals surface area contributed by atoms with Gasteiger partial charge in [0.25, 0.3) is 0 Å². The molecule has 1 N–H and O–H groups in total. The van der Waals surface area contributed by atoms with E-state index in [0.717, 1.165) is 32.1 Å². The van der Waals surface area contributed by atoms with Crippen LogP contribution in [0.3, 0.4) is 0 Å². The van der Waals surface area contributed by atoms with Crippen LogP contribution in [0.15, 0.2) is 0 Å². The van der Waals surface area contributed by atoms with Crippen LogP contribution in [0.4, 0.5) is 0 Å². The SMILES string of the molecule is CN(C)C12CCC(C(=O)O)(CC1)C2. The lowest BCUT2D eigenvalue weighted by molar-refractivity contribution is -0.148. The summed E-state index contributed by atoms with van der Waals surface area (Å²) in [6, 6.07) is 0. The Morgan fingerprint density at radius 1 is 1.23 bits per heavy atom. The highest BCUT2D eigenvalue weighted by atomic mass is 16.4. The van der Waals surface area contributed by atoms with Crippen LogP contribution in [-0.4, -0.2) is 35.6 Å². The fourth-order valence-corrected chi connectivity index (χ4v) is 3.07. The van der Waals surface area contributed by atoms with E-state index < -0.39 is 5.97 Å². The maximum absolute atomic E-state index is 11.1. The average molecular weight is 183 g/mol. The van der Waals surface area contributed by atoms with Gasteiger partial charge in [-0.05, 0) is 46.2 Å². The minimum absolute atomic E-state index is 0.207. The van der Waals surface area contributed by atoms with E-state index >= 15 is 0 Å². The zero-order chi connectivity index (χ0) is 9.69. The van der Waals surface area contributed by atoms with Crippen LogP contribution in [0, 0.1) is 5.41 Å². The van der Waals surface area contributed by atoms with Gasteiger partial charge in [-0.3, -0.25) is 4.79 Å². The van der Waals surface area contributed by atoms with Gasteiger partial charge in [0, 0.05) is 5.54 Å². The van der Waals surface area contributed by atoms with Gasteiger partial charge < -0.3 is 10.0 Å². The minimum atomic E-state index is -0.575. The maximum atomic E-state index is 11.1. The summed E-state index contributed by atoms with van der Waals surface area (Å²) in [5.74, 6) is -0.575. The summed E-state index contributed by atoms with van der Waals surface area (Å²) in [4.78, 5) is 13.4. The molecule has 0 aromatic heterocycles. The highest BCUT2D eigenvalue weighted by molar-refractivity contribution is 5.76. The first-order valence-electron chi connectivity index (χ1n) is 4.92. The summed E-state index contributed by atoms with van der Waals surface area (Å²) in [6.07, 6.45) is 4.74. The number of fused-ring (bicyclic) bond motifs is 2. The van der Waals surface area contributed by atoms with E-state index in [2.05, 4.69) is 19.0 Å². The van der Waals surface area contributed by atoms with Gasteiger partial charge in [0.05, 0.1) is 5.41 Å². The number of carboxylic acid groups (broad SMARTS) is 1. The molecule has 2 aliphatic rings. The van der Waals surface area contributed by atoms with Gasteiger partial charge in [-0.25, -0.2) is 0 Å². The van der Waals surface area contributed by atoms with Crippen molar-refractivity contribution in [3.8, 4) is 0 Å². The van der Waals surface area contributed by atoms with Crippen LogP contribution in [-0.2, 0) is 4.79 Å². The predicted octanol–water partition coefficient (Wildman–Crippen LogP) is 1.34. The van der Waals surface area contributed by atoms with Gasteiger partial charge in [0.2, 0.25) is 0 Å². The molecule has 3 nitrogen and oxygen atoms in total.